The fourth-order valence-electron chi connectivity index (χ4n) is 1.46. The van der Waals surface area contributed by atoms with E-state index in [0.717, 1.165) is 16.4 Å². The molecule has 0 spiro atoms. The van der Waals surface area contributed by atoms with Crippen LogP contribution in [0, 0.1) is 6.92 Å². The van der Waals surface area contributed by atoms with Crippen LogP contribution >= 0.6 is 11.8 Å². The minimum absolute atomic E-state index is 0.265. The van der Waals surface area contributed by atoms with Crippen LogP contribution in [0.2, 0.25) is 0 Å². The molecule has 1 aromatic heterocycles. The van der Waals surface area contributed by atoms with Crippen molar-refractivity contribution < 1.29 is 5.11 Å². The molecular formula is C12H14N4OS. The summed E-state index contributed by atoms with van der Waals surface area (Å²) in [5.41, 5.74) is 3.39. The maximum atomic E-state index is 9.19. The standard InChI is InChI=1S/C12H14N4OS/c1-8-6-11(16-13)15-12(14-8)7-18-10-4-2-9(17)3-5-10/h2-6,17H,7,13H2,1H3,(H,14,15,16). The number of nitrogen functional groups attached to an aromatic ring is 1. The molecule has 18 heavy (non-hydrogen) atoms. The van der Waals surface area contributed by atoms with Crippen molar-refractivity contribution >= 4 is 17.6 Å². The lowest BCUT2D eigenvalue weighted by Crippen LogP contribution is -2.10. The van der Waals surface area contributed by atoms with Gasteiger partial charge in [-0.25, -0.2) is 15.8 Å². The predicted octanol–water partition coefficient (Wildman–Crippen LogP) is 2.07. The Morgan fingerprint density at radius 2 is 2.00 bits per heavy atom. The van der Waals surface area contributed by atoms with Crippen molar-refractivity contribution in [1.82, 2.24) is 9.97 Å². The normalized spacial score (nSPS) is 10.3. The van der Waals surface area contributed by atoms with Crippen LogP contribution in [0.5, 0.6) is 5.75 Å². The van der Waals surface area contributed by atoms with Crippen molar-refractivity contribution in [2.75, 3.05) is 5.43 Å². The molecule has 0 unspecified atom stereocenters. The van der Waals surface area contributed by atoms with Crippen molar-refractivity contribution in [1.29, 1.82) is 0 Å². The third-order valence-corrected chi connectivity index (χ3v) is 3.26. The summed E-state index contributed by atoms with van der Waals surface area (Å²) in [6.45, 7) is 1.90. The molecular weight excluding hydrogens is 248 g/mol. The van der Waals surface area contributed by atoms with E-state index >= 15 is 0 Å². The highest BCUT2D eigenvalue weighted by atomic mass is 32.2. The number of thioether (sulfide) groups is 1. The lowest BCUT2D eigenvalue weighted by Gasteiger charge is -2.05. The van der Waals surface area contributed by atoms with Crippen molar-refractivity contribution in [2.24, 2.45) is 5.84 Å². The lowest BCUT2D eigenvalue weighted by atomic mass is 10.3. The number of aryl methyl sites for hydroxylation is 1. The van der Waals surface area contributed by atoms with Gasteiger partial charge in [0.15, 0.2) is 0 Å². The first kappa shape index (κ1) is 12.7. The Kier molecular flexibility index (Phi) is 4.01. The van der Waals surface area contributed by atoms with Gasteiger partial charge in [0, 0.05) is 16.7 Å². The fourth-order valence-corrected chi connectivity index (χ4v) is 2.21. The number of hydrogen-bond acceptors (Lipinski definition) is 6. The molecule has 2 rings (SSSR count). The number of aromatic hydroxyl groups is 1. The minimum Gasteiger partial charge on any atom is -0.508 e. The average molecular weight is 262 g/mol. The first-order valence-corrected chi connectivity index (χ1v) is 6.39. The minimum atomic E-state index is 0.265. The monoisotopic (exact) mass is 262 g/mol. The number of phenols is 1. The van der Waals surface area contributed by atoms with E-state index in [1.54, 1.807) is 30.0 Å². The predicted molar refractivity (Wildman–Crippen MR) is 72.2 cm³/mol. The number of benzene rings is 1. The Labute approximate surface area is 109 Å². The van der Waals surface area contributed by atoms with Gasteiger partial charge in [-0.3, -0.25) is 0 Å². The van der Waals surface area contributed by atoms with Crippen LogP contribution in [0.3, 0.4) is 0 Å². The van der Waals surface area contributed by atoms with Gasteiger partial charge < -0.3 is 10.5 Å². The summed E-state index contributed by atoms with van der Waals surface area (Å²) in [5.74, 6) is 7.59. The number of anilines is 1. The molecule has 0 aliphatic rings. The van der Waals surface area contributed by atoms with E-state index in [2.05, 4.69) is 15.4 Å². The van der Waals surface area contributed by atoms with E-state index in [1.807, 2.05) is 19.1 Å². The second-order valence-corrected chi connectivity index (χ2v) is 4.79. The zero-order chi connectivity index (χ0) is 13.0. The third-order valence-electron chi connectivity index (χ3n) is 2.25. The highest BCUT2D eigenvalue weighted by molar-refractivity contribution is 7.98. The number of hydrogen-bond donors (Lipinski definition) is 3. The molecule has 0 saturated carbocycles. The summed E-state index contributed by atoms with van der Waals surface area (Å²) in [5, 5.41) is 9.19. The summed E-state index contributed by atoms with van der Waals surface area (Å²) in [4.78, 5) is 9.66. The number of hydrazine groups is 1. The zero-order valence-electron chi connectivity index (χ0n) is 9.92. The quantitative estimate of drug-likeness (QED) is 0.444. The van der Waals surface area contributed by atoms with Crippen molar-refractivity contribution in [3.05, 3.63) is 41.9 Å². The molecule has 0 aliphatic heterocycles. The molecule has 0 saturated heterocycles. The number of phenolic OH excluding ortho intramolecular Hbond substituents is 1. The second kappa shape index (κ2) is 5.70. The molecule has 5 nitrogen and oxygen atoms in total. The lowest BCUT2D eigenvalue weighted by molar-refractivity contribution is 0.475. The molecule has 1 aromatic carbocycles. The van der Waals surface area contributed by atoms with Crippen LogP contribution in [0.4, 0.5) is 5.82 Å². The first-order chi connectivity index (χ1) is 8.67. The first-order valence-electron chi connectivity index (χ1n) is 5.40. The van der Waals surface area contributed by atoms with Gasteiger partial charge >= 0.3 is 0 Å². The summed E-state index contributed by atoms with van der Waals surface area (Å²) >= 11 is 1.61. The zero-order valence-corrected chi connectivity index (χ0v) is 10.7. The molecule has 0 bridgehead atoms. The van der Waals surface area contributed by atoms with Crippen molar-refractivity contribution in [3.8, 4) is 5.75 Å². The molecule has 94 valence electrons. The van der Waals surface area contributed by atoms with E-state index in [9.17, 15) is 5.11 Å². The van der Waals surface area contributed by atoms with Crippen LogP contribution in [0.25, 0.3) is 0 Å². The molecule has 2 aromatic rings. The molecule has 1 heterocycles. The molecule has 0 amide bonds. The van der Waals surface area contributed by atoms with Gasteiger partial charge in [0.05, 0.1) is 5.75 Å². The highest BCUT2D eigenvalue weighted by Gasteiger charge is 2.03. The molecule has 0 radical (unpaired) electrons. The van der Waals surface area contributed by atoms with Gasteiger partial charge in [-0.15, -0.1) is 11.8 Å². The Morgan fingerprint density at radius 3 is 2.67 bits per heavy atom. The summed E-state index contributed by atoms with van der Waals surface area (Å²) < 4.78 is 0. The van der Waals surface area contributed by atoms with Gasteiger partial charge in [-0.05, 0) is 31.2 Å². The average Bonchev–Trinajstić information content (AvgIpc) is 2.37. The summed E-state index contributed by atoms with van der Waals surface area (Å²) in [6, 6.07) is 8.82. The number of rotatable bonds is 4. The Bertz CT molecular complexity index is 530. The largest absolute Gasteiger partial charge is 0.508 e. The van der Waals surface area contributed by atoms with Gasteiger partial charge in [0.2, 0.25) is 0 Å². The number of nitrogens with two attached hydrogens (primary N) is 1. The van der Waals surface area contributed by atoms with Crippen LogP contribution in [-0.4, -0.2) is 15.1 Å². The maximum absolute atomic E-state index is 9.19. The van der Waals surface area contributed by atoms with Crippen LogP contribution < -0.4 is 11.3 Å². The molecule has 0 fully saturated rings. The SMILES string of the molecule is Cc1cc(NN)nc(CSc2ccc(O)cc2)n1. The Morgan fingerprint density at radius 1 is 1.28 bits per heavy atom. The number of nitrogens with one attached hydrogen (secondary N) is 1. The number of nitrogens with zero attached hydrogens (tertiary/aromatic N) is 2. The molecule has 0 aliphatic carbocycles. The molecule has 4 N–H and O–H groups in total. The van der Waals surface area contributed by atoms with Crippen molar-refractivity contribution in [3.63, 3.8) is 0 Å². The van der Waals surface area contributed by atoms with Gasteiger partial charge in [-0.2, -0.15) is 0 Å². The van der Waals surface area contributed by atoms with Crippen LogP contribution in [0.1, 0.15) is 11.5 Å². The Hall–Kier alpha value is -1.79. The second-order valence-electron chi connectivity index (χ2n) is 3.74. The topological polar surface area (TPSA) is 84.1 Å². The van der Waals surface area contributed by atoms with E-state index < -0.39 is 0 Å². The molecule has 0 atom stereocenters. The summed E-state index contributed by atoms with van der Waals surface area (Å²) in [7, 11) is 0. The Balaban J connectivity index is 2.05. The van der Waals surface area contributed by atoms with E-state index in [1.165, 1.54) is 0 Å². The van der Waals surface area contributed by atoms with Crippen molar-refractivity contribution in [2.45, 2.75) is 17.6 Å². The third kappa shape index (κ3) is 3.35. The smallest absolute Gasteiger partial charge is 0.143 e. The maximum Gasteiger partial charge on any atom is 0.143 e. The van der Waals surface area contributed by atoms with Crippen LogP contribution in [0.15, 0.2) is 35.2 Å². The fraction of sp³-hybridized carbons (Fsp3) is 0.167. The summed E-state index contributed by atoms with van der Waals surface area (Å²) in [6.07, 6.45) is 0. The van der Waals surface area contributed by atoms with E-state index in [4.69, 9.17) is 5.84 Å². The van der Waals surface area contributed by atoms with E-state index in [-0.39, 0.29) is 5.75 Å². The number of aromatic nitrogens is 2. The van der Waals surface area contributed by atoms with E-state index in [0.29, 0.717) is 11.6 Å². The van der Waals surface area contributed by atoms with Gasteiger partial charge in [-0.1, -0.05) is 0 Å². The molecule has 6 heteroatoms. The van der Waals surface area contributed by atoms with Gasteiger partial charge in [0.25, 0.3) is 0 Å². The highest BCUT2D eigenvalue weighted by Crippen LogP contribution is 2.23. The van der Waals surface area contributed by atoms with Crippen LogP contribution in [-0.2, 0) is 5.75 Å². The van der Waals surface area contributed by atoms with Gasteiger partial charge in [0.1, 0.15) is 17.4 Å².